The molecule has 3 rings (SSSR count). The lowest BCUT2D eigenvalue weighted by Crippen LogP contribution is -2.48. The molecule has 2 aliphatic heterocycles. The molecule has 0 radical (unpaired) electrons. The Morgan fingerprint density at radius 2 is 1.95 bits per heavy atom. The molecule has 2 aliphatic rings. The highest BCUT2D eigenvalue weighted by molar-refractivity contribution is 5.48. The van der Waals surface area contributed by atoms with Gasteiger partial charge in [0.1, 0.15) is 0 Å². The maximum absolute atomic E-state index is 3.52. The number of aryl methyl sites for hydroxylation is 1. The van der Waals surface area contributed by atoms with Gasteiger partial charge in [-0.25, -0.2) is 0 Å². The summed E-state index contributed by atoms with van der Waals surface area (Å²) in [4.78, 5) is 5.18. The van der Waals surface area contributed by atoms with Gasteiger partial charge in [-0.2, -0.15) is 0 Å². The first kappa shape index (κ1) is 13.9. The molecule has 0 aliphatic carbocycles. The van der Waals surface area contributed by atoms with Gasteiger partial charge in [0.2, 0.25) is 0 Å². The predicted octanol–water partition coefficient (Wildman–Crippen LogP) is 1.97. The van der Waals surface area contributed by atoms with Crippen LogP contribution in [0.5, 0.6) is 0 Å². The van der Waals surface area contributed by atoms with Gasteiger partial charge >= 0.3 is 0 Å². The Morgan fingerprint density at radius 3 is 2.60 bits per heavy atom. The summed E-state index contributed by atoms with van der Waals surface area (Å²) in [5.74, 6) is 1.69. The molecule has 2 saturated heterocycles. The molecule has 20 heavy (non-hydrogen) atoms. The highest BCUT2D eigenvalue weighted by Crippen LogP contribution is 2.21. The van der Waals surface area contributed by atoms with Gasteiger partial charge in [0.05, 0.1) is 0 Å². The predicted molar refractivity (Wildman–Crippen MR) is 85.4 cm³/mol. The van der Waals surface area contributed by atoms with Crippen LogP contribution in [0.25, 0.3) is 0 Å². The van der Waals surface area contributed by atoms with Crippen LogP contribution >= 0.6 is 0 Å². The minimum atomic E-state index is 0.838. The van der Waals surface area contributed by atoms with Gasteiger partial charge in [0.25, 0.3) is 0 Å². The van der Waals surface area contributed by atoms with E-state index in [0.717, 1.165) is 24.9 Å². The Hall–Kier alpha value is -1.06. The monoisotopic (exact) mass is 273 g/mol. The standard InChI is InChI=1S/C17H27N3/c1-14-4-3-5-17(10-14)20-8-6-19(7-9-20)13-16-12-18-11-15(16)2/h3-5,10,15-16,18H,6-9,11-13H2,1-2H3. The van der Waals surface area contributed by atoms with Gasteiger partial charge in [-0.05, 0) is 49.5 Å². The van der Waals surface area contributed by atoms with Gasteiger partial charge in [0.15, 0.2) is 0 Å². The van der Waals surface area contributed by atoms with Crippen LogP contribution in [-0.4, -0.2) is 50.7 Å². The number of hydrogen-bond donors (Lipinski definition) is 1. The Morgan fingerprint density at radius 1 is 1.15 bits per heavy atom. The third kappa shape index (κ3) is 3.15. The van der Waals surface area contributed by atoms with Crippen LogP contribution in [0, 0.1) is 18.8 Å². The Balaban J connectivity index is 1.52. The van der Waals surface area contributed by atoms with Gasteiger partial charge in [0, 0.05) is 38.4 Å². The van der Waals surface area contributed by atoms with Crippen LogP contribution in [0.4, 0.5) is 5.69 Å². The average Bonchev–Trinajstić information content (AvgIpc) is 2.85. The molecule has 0 aromatic heterocycles. The topological polar surface area (TPSA) is 18.5 Å². The molecule has 2 atom stereocenters. The van der Waals surface area contributed by atoms with E-state index in [4.69, 9.17) is 0 Å². The maximum Gasteiger partial charge on any atom is 0.0369 e. The number of benzene rings is 1. The van der Waals surface area contributed by atoms with Crippen LogP contribution in [0.15, 0.2) is 24.3 Å². The minimum Gasteiger partial charge on any atom is -0.369 e. The summed E-state index contributed by atoms with van der Waals surface area (Å²) in [5, 5.41) is 3.52. The Bertz CT molecular complexity index is 438. The summed E-state index contributed by atoms with van der Waals surface area (Å²) in [6, 6.07) is 8.89. The molecule has 2 fully saturated rings. The average molecular weight is 273 g/mol. The number of anilines is 1. The molecule has 1 aromatic rings. The summed E-state index contributed by atoms with van der Waals surface area (Å²) in [6.45, 7) is 13.0. The molecular formula is C17H27N3. The van der Waals surface area contributed by atoms with Gasteiger partial charge in [-0.1, -0.05) is 19.1 Å². The van der Waals surface area contributed by atoms with E-state index in [1.54, 1.807) is 0 Å². The molecule has 1 aromatic carbocycles. The number of hydrogen-bond acceptors (Lipinski definition) is 3. The first-order valence-electron chi connectivity index (χ1n) is 7.97. The van der Waals surface area contributed by atoms with E-state index in [-0.39, 0.29) is 0 Å². The second-order valence-corrected chi connectivity index (χ2v) is 6.52. The number of nitrogens with one attached hydrogen (secondary N) is 1. The molecule has 0 saturated carbocycles. The van der Waals surface area contributed by atoms with Crippen LogP contribution < -0.4 is 10.2 Å². The molecule has 110 valence electrons. The van der Waals surface area contributed by atoms with E-state index in [0.29, 0.717) is 0 Å². The van der Waals surface area contributed by atoms with E-state index >= 15 is 0 Å². The number of rotatable bonds is 3. The smallest absolute Gasteiger partial charge is 0.0369 e. The zero-order chi connectivity index (χ0) is 13.9. The van der Waals surface area contributed by atoms with Crippen molar-refractivity contribution >= 4 is 5.69 Å². The summed E-state index contributed by atoms with van der Waals surface area (Å²) in [5.41, 5.74) is 2.75. The number of piperazine rings is 1. The summed E-state index contributed by atoms with van der Waals surface area (Å²) >= 11 is 0. The molecular weight excluding hydrogens is 246 g/mol. The van der Waals surface area contributed by atoms with Crippen molar-refractivity contribution in [1.29, 1.82) is 0 Å². The second kappa shape index (κ2) is 6.15. The second-order valence-electron chi connectivity index (χ2n) is 6.52. The Labute approximate surface area is 123 Å². The van der Waals surface area contributed by atoms with Gasteiger partial charge in [-0.15, -0.1) is 0 Å². The zero-order valence-corrected chi connectivity index (χ0v) is 12.8. The van der Waals surface area contributed by atoms with Crippen molar-refractivity contribution in [2.24, 2.45) is 11.8 Å². The summed E-state index contributed by atoms with van der Waals surface area (Å²) in [6.07, 6.45) is 0. The normalized spacial score (nSPS) is 28.0. The third-order valence-corrected chi connectivity index (χ3v) is 4.91. The molecule has 0 spiro atoms. The molecule has 3 nitrogen and oxygen atoms in total. The lowest BCUT2D eigenvalue weighted by atomic mass is 9.97. The lowest BCUT2D eigenvalue weighted by molar-refractivity contribution is 0.208. The quantitative estimate of drug-likeness (QED) is 0.908. The van der Waals surface area contributed by atoms with Crippen molar-refractivity contribution in [3.05, 3.63) is 29.8 Å². The van der Waals surface area contributed by atoms with E-state index < -0.39 is 0 Å². The van der Waals surface area contributed by atoms with E-state index in [1.807, 2.05) is 0 Å². The fourth-order valence-corrected chi connectivity index (χ4v) is 3.45. The zero-order valence-electron chi connectivity index (χ0n) is 12.8. The molecule has 3 heteroatoms. The molecule has 2 unspecified atom stereocenters. The van der Waals surface area contributed by atoms with Crippen LogP contribution in [0.3, 0.4) is 0 Å². The maximum atomic E-state index is 3.52. The summed E-state index contributed by atoms with van der Waals surface area (Å²) in [7, 11) is 0. The fourth-order valence-electron chi connectivity index (χ4n) is 3.45. The first-order valence-corrected chi connectivity index (χ1v) is 7.97. The molecule has 0 amide bonds. The van der Waals surface area contributed by atoms with Gasteiger partial charge < -0.3 is 10.2 Å². The minimum absolute atomic E-state index is 0.838. The van der Waals surface area contributed by atoms with Crippen molar-refractivity contribution < 1.29 is 0 Å². The van der Waals surface area contributed by atoms with Crippen molar-refractivity contribution in [3.8, 4) is 0 Å². The van der Waals surface area contributed by atoms with Crippen molar-refractivity contribution in [3.63, 3.8) is 0 Å². The Kier molecular flexibility index (Phi) is 4.27. The highest BCUT2D eigenvalue weighted by Gasteiger charge is 2.26. The van der Waals surface area contributed by atoms with Crippen molar-refractivity contribution in [2.75, 3.05) is 50.7 Å². The van der Waals surface area contributed by atoms with Gasteiger partial charge in [-0.3, -0.25) is 4.90 Å². The molecule has 1 N–H and O–H groups in total. The largest absolute Gasteiger partial charge is 0.369 e. The summed E-state index contributed by atoms with van der Waals surface area (Å²) < 4.78 is 0. The van der Waals surface area contributed by atoms with E-state index in [9.17, 15) is 0 Å². The van der Waals surface area contributed by atoms with Crippen molar-refractivity contribution in [1.82, 2.24) is 10.2 Å². The van der Waals surface area contributed by atoms with E-state index in [1.165, 1.54) is 44.0 Å². The fraction of sp³-hybridized carbons (Fsp3) is 0.647. The number of nitrogens with zero attached hydrogens (tertiary/aromatic N) is 2. The van der Waals surface area contributed by atoms with Crippen LogP contribution in [0.1, 0.15) is 12.5 Å². The van der Waals surface area contributed by atoms with Crippen LogP contribution in [0.2, 0.25) is 0 Å². The molecule has 0 bridgehead atoms. The third-order valence-electron chi connectivity index (χ3n) is 4.91. The first-order chi connectivity index (χ1) is 9.72. The SMILES string of the molecule is Cc1cccc(N2CCN(CC3CNCC3C)CC2)c1. The van der Waals surface area contributed by atoms with E-state index in [2.05, 4.69) is 53.2 Å². The molecule has 2 heterocycles. The van der Waals surface area contributed by atoms with Crippen LogP contribution in [-0.2, 0) is 0 Å². The lowest BCUT2D eigenvalue weighted by Gasteiger charge is -2.37. The van der Waals surface area contributed by atoms with Crippen molar-refractivity contribution in [2.45, 2.75) is 13.8 Å². The highest BCUT2D eigenvalue weighted by atomic mass is 15.3.